The highest BCUT2D eigenvalue weighted by atomic mass is 32.2. The number of pyridine rings is 1. The Kier molecular flexibility index (Phi) is 6.34. The number of carbonyl (C=O) groups excluding carboxylic acids is 1. The molecule has 1 amide bonds. The highest BCUT2D eigenvalue weighted by Crippen LogP contribution is 2.28. The minimum absolute atomic E-state index is 0.0845. The first-order chi connectivity index (χ1) is 15.0. The highest BCUT2D eigenvalue weighted by molar-refractivity contribution is 7.89. The van der Waals surface area contributed by atoms with Crippen LogP contribution in [0.15, 0.2) is 71.8 Å². The number of aromatic nitrogens is 1. The molecule has 1 fully saturated rings. The maximum atomic E-state index is 13.4. The molecule has 31 heavy (non-hydrogen) atoms. The number of benzene rings is 2. The van der Waals surface area contributed by atoms with E-state index in [1.165, 1.54) is 9.87 Å². The number of amides is 1. The van der Waals surface area contributed by atoms with Crippen LogP contribution >= 0.6 is 0 Å². The maximum Gasteiger partial charge on any atom is 0.245 e. The Labute approximate surface area is 183 Å². The number of para-hydroxylation sites is 1. The zero-order valence-corrected chi connectivity index (χ0v) is 18.4. The lowest BCUT2D eigenvalue weighted by Gasteiger charge is -2.31. The molecule has 162 valence electrons. The van der Waals surface area contributed by atoms with Crippen LogP contribution in [0.5, 0.6) is 0 Å². The zero-order valence-electron chi connectivity index (χ0n) is 17.6. The molecule has 6 nitrogen and oxygen atoms in total. The first-order valence-electron chi connectivity index (χ1n) is 10.6. The van der Waals surface area contributed by atoms with Crippen molar-refractivity contribution < 1.29 is 13.2 Å². The van der Waals surface area contributed by atoms with Crippen LogP contribution in [0.2, 0.25) is 0 Å². The monoisotopic (exact) mass is 437 g/mol. The van der Waals surface area contributed by atoms with Crippen LogP contribution < -0.4 is 5.32 Å². The van der Waals surface area contributed by atoms with Gasteiger partial charge in [0.15, 0.2) is 0 Å². The van der Waals surface area contributed by atoms with Gasteiger partial charge in [0.2, 0.25) is 15.9 Å². The van der Waals surface area contributed by atoms with Crippen molar-refractivity contribution in [1.29, 1.82) is 0 Å². The quantitative estimate of drug-likeness (QED) is 0.640. The number of fused-ring (bicyclic) bond motifs is 1. The molecule has 2 heterocycles. The van der Waals surface area contributed by atoms with Crippen molar-refractivity contribution in [2.75, 3.05) is 19.6 Å². The Balaban J connectivity index is 1.46. The first kappa shape index (κ1) is 21.5. The van der Waals surface area contributed by atoms with E-state index in [0.29, 0.717) is 31.4 Å². The summed E-state index contributed by atoms with van der Waals surface area (Å²) in [5.74, 6) is -0.247. The van der Waals surface area contributed by atoms with Gasteiger partial charge in [-0.1, -0.05) is 55.5 Å². The second-order valence-electron chi connectivity index (χ2n) is 8.09. The summed E-state index contributed by atoms with van der Waals surface area (Å²) in [7, 11) is -3.74. The van der Waals surface area contributed by atoms with Crippen molar-refractivity contribution in [3.63, 3.8) is 0 Å². The fraction of sp³-hybridized carbons (Fsp3) is 0.333. The predicted octanol–water partition coefficient (Wildman–Crippen LogP) is 3.56. The average Bonchev–Trinajstić information content (AvgIpc) is 2.82. The highest BCUT2D eigenvalue weighted by Gasteiger charge is 2.34. The summed E-state index contributed by atoms with van der Waals surface area (Å²) in [6.45, 7) is 3.20. The SMILES string of the molecule is CC(CNC(=O)C1CCCN(S(=O)(=O)c2cccc3cccnc23)C1)c1ccccc1. The Morgan fingerprint density at radius 3 is 2.71 bits per heavy atom. The van der Waals surface area contributed by atoms with E-state index in [4.69, 9.17) is 0 Å². The van der Waals surface area contributed by atoms with E-state index in [-0.39, 0.29) is 29.2 Å². The molecule has 4 rings (SSSR count). The number of hydrogen-bond acceptors (Lipinski definition) is 4. The Hall–Kier alpha value is -2.77. The molecule has 0 spiro atoms. The summed E-state index contributed by atoms with van der Waals surface area (Å²) < 4.78 is 28.2. The normalized spacial score (nSPS) is 18.5. The van der Waals surface area contributed by atoms with E-state index in [2.05, 4.69) is 17.2 Å². The number of sulfonamides is 1. The van der Waals surface area contributed by atoms with E-state index in [9.17, 15) is 13.2 Å². The maximum absolute atomic E-state index is 13.4. The van der Waals surface area contributed by atoms with Crippen LogP contribution in [0.3, 0.4) is 0 Å². The summed E-state index contributed by atoms with van der Waals surface area (Å²) in [6, 6.07) is 18.8. The molecular formula is C24H27N3O3S. The van der Waals surface area contributed by atoms with Crippen molar-refractivity contribution in [3.8, 4) is 0 Å². The number of carbonyl (C=O) groups is 1. The Bertz CT molecular complexity index is 1160. The molecule has 0 radical (unpaired) electrons. The zero-order chi connectivity index (χ0) is 21.8. The third-order valence-electron chi connectivity index (χ3n) is 5.92. The molecule has 0 bridgehead atoms. The fourth-order valence-corrected chi connectivity index (χ4v) is 5.78. The molecular weight excluding hydrogens is 410 g/mol. The van der Waals surface area contributed by atoms with Crippen molar-refractivity contribution in [2.45, 2.75) is 30.6 Å². The van der Waals surface area contributed by atoms with Crippen molar-refractivity contribution in [2.24, 2.45) is 5.92 Å². The molecule has 3 aromatic rings. The summed E-state index contributed by atoms with van der Waals surface area (Å²) in [4.78, 5) is 17.3. The molecule has 7 heteroatoms. The summed E-state index contributed by atoms with van der Waals surface area (Å²) in [5.41, 5.74) is 1.63. The molecule has 0 saturated carbocycles. The van der Waals surface area contributed by atoms with Crippen molar-refractivity contribution >= 4 is 26.8 Å². The Morgan fingerprint density at radius 1 is 1.13 bits per heavy atom. The van der Waals surface area contributed by atoms with E-state index in [1.54, 1.807) is 24.4 Å². The second-order valence-corrected chi connectivity index (χ2v) is 10.00. The lowest BCUT2D eigenvalue weighted by Crippen LogP contribution is -2.45. The molecule has 1 aromatic heterocycles. The van der Waals surface area contributed by atoms with Gasteiger partial charge < -0.3 is 5.32 Å². The van der Waals surface area contributed by atoms with E-state index >= 15 is 0 Å². The molecule has 1 saturated heterocycles. The summed E-state index contributed by atoms with van der Waals surface area (Å²) >= 11 is 0. The van der Waals surface area contributed by atoms with Gasteiger partial charge in [0.1, 0.15) is 4.90 Å². The fourth-order valence-electron chi connectivity index (χ4n) is 4.10. The third kappa shape index (κ3) is 4.62. The van der Waals surface area contributed by atoms with Gasteiger partial charge in [-0.05, 0) is 36.5 Å². The standard InChI is InChI=1S/C24H27N3O3S/c1-18(19-8-3-2-4-9-19)16-26-24(28)21-12-7-15-27(17-21)31(29,30)22-13-5-10-20-11-6-14-25-23(20)22/h2-6,8-11,13-14,18,21H,7,12,15-17H2,1H3,(H,26,28). The van der Waals surface area contributed by atoms with Crippen LogP contribution in [0.1, 0.15) is 31.2 Å². The van der Waals surface area contributed by atoms with E-state index in [0.717, 1.165) is 5.39 Å². The lowest BCUT2D eigenvalue weighted by molar-refractivity contribution is -0.126. The predicted molar refractivity (Wildman–Crippen MR) is 121 cm³/mol. The third-order valence-corrected chi connectivity index (χ3v) is 7.82. The molecule has 2 aromatic carbocycles. The number of hydrogen-bond donors (Lipinski definition) is 1. The van der Waals surface area contributed by atoms with Crippen molar-refractivity contribution in [3.05, 3.63) is 72.4 Å². The van der Waals surface area contributed by atoms with Crippen LogP contribution in [-0.4, -0.2) is 43.2 Å². The van der Waals surface area contributed by atoms with Gasteiger partial charge >= 0.3 is 0 Å². The largest absolute Gasteiger partial charge is 0.355 e. The molecule has 2 atom stereocenters. The van der Waals surface area contributed by atoms with Gasteiger partial charge in [-0.2, -0.15) is 4.31 Å². The van der Waals surface area contributed by atoms with Gasteiger partial charge in [-0.25, -0.2) is 8.42 Å². The number of nitrogens with one attached hydrogen (secondary N) is 1. The smallest absolute Gasteiger partial charge is 0.245 e. The second kappa shape index (κ2) is 9.16. The number of piperidine rings is 1. The first-order valence-corrected chi connectivity index (χ1v) is 12.1. The lowest BCUT2D eigenvalue weighted by atomic mass is 9.97. The summed E-state index contributed by atoms with van der Waals surface area (Å²) in [6.07, 6.45) is 2.94. The van der Waals surface area contributed by atoms with Gasteiger partial charge in [0.25, 0.3) is 0 Å². The van der Waals surface area contributed by atoms with Crippen LogP contribution in [0.4, 0.5) is 0 Å². The van der Waals surface area contributed by atoms with Gasteiger partial charge in [-0.3, -0.25) is 9.78 Å². The van der Waals surface area contributed by atoms with Crippen LogP contribution in [0, 0.1) is 5.92 Å². The minimum Gasteiger partial charge on any atom is -0.355 e. The number of rotatable bonds is 6. The summed E-state index contributed by atoms with van der Waals surface area (Å²) in [5, 5.41) is 3.80. The molecule has 1 aliphatic heterocycles. The van der Waals surface area contributed by atoms with Gasteiger partial charge in [0, 0.05) is 31.2 Å². The van der Waals surface area contributed by atoms with Crippen LogP contribution in [0.25, 0.3) is 10.9 Å². The Morgan fingerprint density at radius 2 is 1.90 bits per heavy atom. The number of nitrogens with zero attached hydrogens (tertiary/aromatic N) is 2. The van der Waals surface area contributed by atoms with E-state index in [1.807, 2.05) is 42.5 Å². The van der Waals surface area contributed by atoms with E-state index < -0.39 is 10.0 Å². The molecule has 1 aliphatic rings. The van der Waals surface area contributed by atoms with Gasteiger partial charge in [-0.15, -0.1) is 0 Å². The molecule has 2 unspecified atom stereocenters. The molecule has 1 N–H and O–H groups in total. The van der Waals surface area contributed by atoms with Gasteiger partial charge in [0.05, 0.1) is 11.4 Å². The minimum atomic E-state index is -3.74. The van der Waals surface area contributed by atoms with Crippen molar-refractivity contribution in [1.82, 2.24) is 14.6 Å². The van der Waals surface area contributed by atoms with Crippen LogP contribution in [-0.2, 0) is 14.8 Å². The average molecular weight is 438 g/mol. The topological polar surface area (TPSA) is 79.4 Å². The molecule has 0 aliphatic carbocycles.